The van der Waals surface area contributed by atoms with Crippen LogP contribution in [0.5, 0.6) is 11.5 Å². The van der Waals surface area contributed by atoms with Gasteiger partial charge in [0.2, 0.25) is 5.89 Å². The largest absolute Gasteiger partial charge is 0.457 e. The fourth-order valence-corrected chi connectivity index (χ4v) is 4.27. The molecular formula is C32H30N4O3. The van der Waals surface area contributed by atoms with Gasteiger partial charge in [0.25, 0.3) is 5.91 Å². The van der Waals surface area contributed by atoms with Crippen LogP contribution in [0.15, 0.2) is 120 Å². The van der Waals surface area contributed by atoms with Crippen molar-refractivity contribution in [3.05, 3.63) is 144 Å². The molecule has 2 aromatic heterocycles. The first-order valence-electron chi connectivity index (χ1n) is 12.9. The van der Waals surface area contributed by atoms with Gasteiger partial charge in [0, 0.05) is 31.5 Å². The Labute approximate surface area is 228 Å². The van der Waals surface area contributed by atoms with E-state index < -0.39 is 0 Å². The molecule has 0 saturated heterocycles. The van der Waals surface area contributed by atoms with E-state index in [-0.39, 0.29) is 17.6 Å². The van der Waals surface area contributed by atoms with Crippen LogP contribution in [0, 0.1) is 0 Å². The van der Waals surface area contributed by atoms with Crippen LogP contribution in [-0.2, 0) is 19.6 Å². The van der Waals surface area contributed by atoms with E-state index in [2.05, 4.69) is 45.3 Å². The number of benzene rings is 3. The molecule has 5 rings (SSSR count). The Kier molecular flexibility index (Phi) is 8.41. The molecule has 0 aliphatic heterocycles. The predicted molar refractivity (Wildman–Crippen MR) is 149 cm³/mol. The van der Waals surface area contributed by atoms with Gasteiger partial charge in [-0.25, -0.2) is 4.98 Å². The molecule has 0 aliphatic carbocycles. The first-order chi connectivity index (χ1) is 19.1. The van der Waals surface area contributed by atoms with Crippen LogP contribution in [0.4, 0.5) is 0 Å². The molecule has 0 aliphatic rings. The van der Waals surface area contributed by atoms with Gasteiger partial charge in [-0.2, -0.15) is 0 Å². The lowest BCUT2D eigenvalue weighted by molar-refractivity contribution is 0.0945. The monoisotopic (exact) mass is 518 g/mol. The second-order valence-electron chi connectivity index (χ2n) is 9.22. The molecule has 1 N–H and O–H groups in total. The molecule has 0 saturated carbocycles. The second kappa shape index (κ2) is 12.7. The molecule has 0 radical (unpaired) electrons. The number of amides is 1. The molecule has 0 bridgehead atoms. The minimum Gasteiger partial charge on any atom is -0.457 e. The van der Waals surface area contributed by atoms with Crippen molar-refractivity contribution in [3.63, 3.8) is 0 Å². The average Bonchev–Trinajstić information content (AvgIpc) is 3.46. The Bertz CT molecular complexity index is 1470. The number of carbonyl (C=O) groups is 1. The number of rotatable bonds is 11. The highest BCUT2D eigenvalue weighted by Gasteiger charge is 2.21. The third-order valence-corrected chi connectivity index (χ3v) is 6.42. The first kappa shape index (κ1) is 25.9. The summed E-state index contributed by atoms with van der Waals surface area (Å²) in [5.74, 6) is 1.76. The van der Waals surface area contributed by atoms with Crippen molar-refractivity contribution in [2.75, 3.05) is 0 Å². The van der Waals surface area contributed by atoms with Crippen LogP contribution in [0.2, 0.25) is 0 Å². The van der Waals surface area contributed by atoms with Gasteiger partial charge < -0.3 is 14.5 Å². The molecule has 0 spiro atoms. The number of aromatic nitrogens is 2. The van der Waals surface area contributed by atoms with Gasteiger partial charge in [0.15, 0.2) is 5.69 Å². The Hall–Kier alpha value is -4.75. The maximum atomic E-state index is 12.7. The van der Waals surface area contributed by atoms with Gasteiger partial charge in [-0.1, -0.05) is 60.7 Å². The number of carbonyl (C=O) groups excluding carboxylic acids is 1. The highest BCUT2D eigenvalue weighted by molar-refractivity contribution is 5.91. The van der Waals surface area contributed by atoms with Crippen molar-refractivity contribution >= 4 is 5.91 Å². The predicted octanol–water partition coefficient (Wildman–Crippen LogP) is 6.56. The maximum absolute atomic E-state index is 12.7. The van der Waals surface area contributed by atoms with Gasteiger partial charge in [-0.3, -0.25) is 14.7 Å². The third-order valence-electron chi connectivity index (χ3n) is 6.42. The maximum Gasteiger partial charge on any atom is 0.273 e. The minimum absolute atomic E-state index is 0.0702. The molecule has 0 fully saturated rings. The number of para-hydroxylation sites is 1. The number of hydrogen-bond acceptors (Lipinski definition) is 6. The minimum atomic E-state index is -0.282. The van der Waals surface area contributed by atoms with Crippen molar-refractivity contribution in [2.45, 2.75) is 32.6 Å². The molecule has 3 aromatic carbocycles. The van der Waals surface area contributed by atoms with Gasteiger partial charge in [-0.05, 0) is 60.0 Å². The molecule has 1 amide bonds. The van der Waals surface area contributed by atoms with E-state index in [1.165, 1.54) is 11.8 Å². The number of nitrogens with zero attached hydrogens (tertiary/aromatic N) is 3. The highest BCUT2D eigenvalue weighted by atomic mass is 16.5. The summed E-state index contributed by atoms with van der Waals surface area (Å²) in [6.07, 6.45) is 4.81. The molecule has 2 heterocycles. The zero-order valence-corrected chi connectivity index (χ0v) is 21.7. The highest BCUT2D eigenvalue weighted by Crippen LogP contribution is 2.27. The van der Waals surface area contributed by atoms with Crippen LogP contribution < -0.4 is 10.1 Å². The number of nitrogens with one attached hydrogen (secondary N) is 1. The Morgan fingerprint density at radius 2 is 1.59 bits per heavy atom. The van der Waals surface area contributed by atoms with Crippen molar-refractivity contribution in [1.29, 1.82) is 0 Å². The molecule has 1 atom stereocenters. The lowest BCUT2D eigenvalue weighted by atomic mass is 10.1. The van der Waals surface area contributed by atoms with Crippen LogP contribution >= 0.6 is 0 Å². The summed E-state index contributed by atoms with van der Waals surface area (Å²) in [5.41, 5.74) is 3.48. The number of pyridine rings is 1. The topological polar surface area (TPSA) is 80.5 Å². The summed E-state index contributed by atoms with van der Waals surface area (Å²) in [7, 11) is 0. The van der Waals surface area contributed by atoms with Gasteiger partial charge >= 0.3 is 0 Å². The van der Waals surface area contributed by atoms with E-state index in [0.717, 1.165) is 22.6 Å². The van der Waals surface area contributed by atoms with E-state index in [1.54, 1.807) is 12.4 Å². The molecule has 0 unspecified atom stereocenters. The smallest absolute Gasteiger partial charge is 0.273 e. The van der Waals surface area contributed by atoms with Crippen molar-refractivity contribution in [3.8, 4) is 11.5 Å². The number of hydrogen-bond donors (Lipinski definition) is 1. The SMILES string of the molecule is C[C@@H](c1ccccc1)N(Cc1cccc(Oc2ccccc2)c1)Cc1nc(C(=O)NCc2ccncc2)co1. The van der Waals surface area contributed by atoms with Crippen LogP contribution in [0.25, 0.3) is 0 Å². The first-order valence-corrected chi connectivity index (χ1v) is 12.9. The number of oxazole rings is 1. The quantitative estimate of drug-likeness (QED) is 0.213. The van der Waals surface area contributed by atoms with Crippen molar-refractivity contribution < 1.29 is 13.9 Å². The fraction of sp³-hybridized carbons (Fsp3) is 0.156. The lowest BCUT2D eigenvalue weighted by Gasteiger charge is -2.28. The fourth-order valence-electron chi connectivity index (χ4n) is 4.27. The zero-order chi connectivity index (χ0) is 26.9. The van der Waals surface area contributed by atoms with Crippen LogP contribution in [0.3, 0.4) is 0 Å². The van der Waals surface area contributed by atoms with Crippen molar-refractivity contribution in [1.82, 2.24) is 20.2 Å². The zero-order valence-electron chi connectivity index (χ0n) is 21.7. The van der Waals surface area contributed by atoms with Gasteiger partial charge in [0.05, 0.1) is 6.54 Å². The summed E-state index contributed by atoms with van der Waals surface area (Å²) in [6.45, 7) is 3.61. The lowest BCUT2D eigenvalue weighted by Crippen LogP contribution is -2.27. The second-order valence-corrected chi connectivity index (χ2v) is 9.22. The van der Waals surface area contributed by atoms with Crippen LogP contribution in [0.1, 0.15) is 46.0 Å². The third kappa shape index (κ3) is 7.18. The van der Waals surface area contributed by atoms with E-state index in [4.69, 9.17) is 9.15 Å². The molecule has 7 heteroatoms. The van der Waals surface area contributed by atoms with E-state index in [9.17, 15) is 4.79 Å². The summed E-state index contributed by atoms with van der Waals surface area (Å²) in [6, 6.07) is 31.9. The van der Waals surface area contributed by atoms with E-state index in [1.807, 2.05) is 78.9 Å². The Morgan fingerprint density at radius 3 is 2.36 bits per heavy atom. The normalized spacial score (nSPS) is 11.7. The standard InChI is InChI=1S/C32H30N4O3/c1-24(27-10-4-2-5-11-27)36(21-26-9-8-14-29(19-26)39-28-12-6-3-7-13-28)22-31-35-30(23-38-31)32(37)34-20-25-15-17-33-18-16-25/h2-19,23-24H,20-22H2,1H3,(H,34,37)/t24-/m0/s1. The summed E-state index contributed by atoms with van der Waals surface area (Å²) in [5, 5.41) is 2.88. The summed E-state index contributed by atoms with van der Waals surface area (Å²) >= 11 is 0. The van der Waals surface area contributed by atoms with Gasteiger partial charge in [-0.15, -0.1) is 0 Å². The van der Waals surface area contributed by atoms with E-state index in [0.29, 0.717) is 25.5 Å². The molecular weight excluding hydrogens is 488 g/mol. The van der Waals surface area contributed by atoms with Crippen LogP contribution in [-0.4, -0.2) is 20.8 Å². The molecule has 39 heavy (non-hydrogen) atoms. The summed E-state index contributed by atoms with van der Waals surface area (Å²) < 4.78 is 11.8. The van der Waals surface area contributed by atoms with E-state index >= 15 is 0 Å². The summed E-state index contributed by atoms with van der Waals surface area (Å²) in [4.78, 5) is 23.4. The van der Waals surface area contributed by atoms with Gasteiger partial charge in [0.1, 0.15) is 17.8 Å². The Balaban J connectivity index is 1.31. The molecule has 196 valence electrons. The van der Waals surface area contributed by atoms with Crippen molar-refractivity contribution in [2.24, 2.45) is 0 Å². The Morgan fingerprint density at radius 1 is 0.872 bits per heavy atom. The molecule has 5 aromatic rings. The average molecular weight is 519 g/mol. The number of ether oxygens (including phenoxy) is 1. The molecule has 7 nitrogen and oxygen atoms in total.